The Morgan fingerprint density at radius 2 is 2.00 bits per heavy atom. The predicted molar refractivity (Wildman–Crippen MR) is 114 cm³/mol. The molecule has 28 heavy (non-hydrogen) atoms. The van der Waals surface area contributed by atoms with Crippen LogP contribution >= 0.6 is 36.2 Å². The summed E-state index contributed by atoms with van der Waals surface area (Å²) in [5.41, 5.74) is 3.24. The lowest BCUT2D eigenvalue weighted by atomic mass is 9.99. The van der Waals surface area contributed by atoms with Crippen LogP contribution in [0.2, 0.25) is 0 Å². The molecule has 2 aliphatic rings. The number of benzene rings is 1. The van der Waals surface area contributed by atoms with E-state index in [0.29, 0.717) is 35.8 Å². The lowest BCUT2D eigenvalue weighted by molar-refractivity contribution is 0.0923. The average molecular weight is 446 g/mol. The summed E-state index contributed by atoms with van der Waals surface area (Å²) in [5, 5.41) is 8.71. The molecule has 2 N–H and O–H groups in total. The van der Waals surface area contributed by atoms with Gasteiger partial charge in [0.15, 0.2) is 11.5 Å². The van der Waals surface area contributed by atoms with Crippen molar-refractivity contribution in [2.75, 3.05) is 7.11 Å². The van der Waals surface area contributed by atoms with Crippen molar-refractivity contribution in [1.29, 1.82) is 0 Å². The molecule has 0 saturated carbocycles. The smallest absolute Gasteiger partial charge is 0.251 e. The minimum absolute atomic E-state index is 0. The van der Waals surface area contributed by atoms with Gasteiger partial charge in [-0.05, 0) is 43.9 Å². The fourth-order valence-corrected chi connectivity index (χ4v) is 4.38. The van der Waals surface area contributed by atoms with E-state index in [1.54, 1.807) is 30.8 Å². The molecular formula is C19H25Cl2N3O3S. The van der Waals surface area contributed by atoms with E-state index < -0.39 is 0 Å². The zero-order valence-corrected chi connectivity index (χ0v) is 18.0. The van der Waals surface area contributed by atoms with Gasteiger partial charge in [0, 0.05) is 29.1 Å². The van der Waals surface area contributed by atoms with Gasteiger partial charge >= 0.3 is 0 Å². The molecule has 4 rings (SSSR count). The number of amides is 1. The Morgan fingerprint density at radius 3 is 2.64 bits per heavy atom. The van der Waals surface area contributed by atoms with Crippen LogP contribution in [0.4, 0.5) is 0 Å². The molecule has 1 amide bonds. The molecule has 3 heterocycles. The number of hydrogen-bond donors (Lipinski definition) is 2. The van der Waals surface area contributed by atoms with E-state index in [0.717, 1.165) is 18.5 Å². The lowest BCUT2D eigenvalue weighted by Gasteiger charge is -2.29. The molecule has 0 spiro atoms. The fraction of sp³-hybridized carbons (Fsp3) is 0.474. The molecule has 2 saturated heterocycles. The Balaban J connectivity index is 0.00000140. The highest BCUT2D eigenvalue weighted by Gasteiger charge is 2.34. The monoisotopic (exact) mass is 445 g/mol. The molecule has 2 fully saturated rings. The maximum atomic E-state index is 12.6. The van der Waals surface area contributed by atoms with Crippen molar-refractivity contribution >= 4 is 42.1 Å². The number of halogens is 2. The zero-order valence-electron chi connectivity index (χ0n) is 15.6. The van der Waals surface area contributed by atoms with Crippen LogP contribution in [0.3, 0.4) is 0 Å². The summed E-state index contributed by atoms with van der Waals surface area (Å²) >= 11 is 1.53. The third-order valence-corrected chi connectivity index (χ3v) is 5.73. The van der Waals surface area contributed by atoms with Gasteiger partial charge in [-0.3, -0.25) is 4.79 Å². The van der Waals surface area contributed by atoms with Gasteiger partial charge in [-0.2, -0.15) is 0 Å². The number of nitrogens with zero attached hydrogens (tertiary/aromatic N) is 1. The second-order valence-corrected chi connectivity index (χ2v) is 7.63. The standard InChI is InChI=1S/C19H23N3O3S.2ClH/c1-24-18-6-12(2-5-17(18)25-9-16-10-26-11-20-16)19(23)22-15-7-13-3-4-14(8-15)21-13;;/h2,5-6,10-11,13-15,21H,3-4,7-9H2,1H3,(H,22,23);2*1H. The van der Waals surface area contributed by atoms with Crippen molar-refractivity contribution in [2.24, 2.45) is 0 Å². The van der Waals surface area contributed by atoms with E-state index >= 15 is 0 Å². The number of hydrogen-bond acceptors (Lipinski definition) is 6. The zero-order chi connectivity index (χ0) is 17.9. The van der Waals surface area contributed by atoms with Crippen LogP contribution in [-0.2, 0) is 6.61 Å². The number of methoxy groups -OCH3 is 1. The predicted octanol–water partition coefficient (Wildman–Crippen LogP) is 3.59. The van der Waals surface area contributed by atoms with Crippen molar-refractivity contribution in [3.63, 3.8) is 0 Å². The average Bonchev–Trinajstić information content (AvgIpc) is 3.29. The van der Waals surface area contributed by atoms with Gasteiger partial charge in [-0.25, -0.2) is 4.98 Å². The van der Waals surface area contributed by atoms with E-state index in [-0.39, 0.29) is 36.8 Å². The Labute approximate surface area is 181 Å². The van der Waals surface area contributed by atoms with E-state index in [1.807, 2.05) is 5.38 Å². The number of rotatable bonds is 6. The van der Waals surface area contributed by atoms with Gasteiger partial charge in [0.05, 0.1) is 18.3 Å². The van der Waals surface area contributed by atoms with Crippen LogP contribution < -0.4 is 20.1 Å². The summed E-state index contributed by atoms with van der Waals surface area (Å²) in [6, 6.07) is 6.65. The lowest BCUT2D eigenvalue weighted by Crippen LogP contribution is -2.48. The first kappa shape index (κ1) is 22.7. The quantitative estimate of drug-likeness (QED) is 0.710. The molecule has 0 aliphatic carbocycles. The van der Waals surface area contributed by atoms with Gasteiger partial charge in [-0.15, -0.1) is 36.2 Å². The van der Waals surface area contributed by atoms with Gasteiger partial charge in [0.25, 0.3) is 5.91 Å². The molecule has 2 unspecified atom stereocenters. The van der Waals surface area contributed by atoms with Crippen LogP contribution in [0.5, 0.6) is 11.5 Å². The molecule has 2 atom stereocenters. The molecule has 2 aromatic rings. The summed E-state index contributed by atoms with van der Waals surface area (Å²) in [5.74, 6) is 1.11. The number of nitrogens with one attached hydrogen (secondary N) is 2. The molecule has 2 bridgehead atoms. The molecule has 154 valence electrons. The first-order valence-electron chi connectivity index (χ1n) is 8.96. The highest BCUT2D eigenvalue weighted by Crippen LogP contribution is 2.30. The summed E-state index contributed by atoms with van der Waals surface area (Å²) in [6.45, 7) is 0.378. The minimum Gasteiger partial charge on any atom is -0.493 e. The minimum atomic E-state index is -0.0550. The van der Waals surface area contributed by atoms with Crippen molar-refractivity contribution in [2.45, 2.75) is 50.4 Å². The van der Waals surface area contributed by atoms with Crippen molar-refractivity contribution in [3.05, 3.63) is 40.3 Å². The number of ether oxygens (including phenoxy) is 2. The first-order valence-corrected chi connectivity index (χ1v) is 9.90. The maximum absolute atomic E-state index is 12.6. The van der Waals surface area contributed by atoms with Crippen molar-refractivity contribution < 1.29 is 14.3 Å². The van der Waals surface area contributed by atoms with Crippen molar-refractivity contribution in [3.8, 4) is 11.5 Å². The molecule has 2 aliphatic heterocycles. The maximum Gasteiger partial charge on any atom is 0.251 e. The largest absolute Gasteiger partial charge is 0.493 e. The number of piperidine rings is 1. The third kappa shape index (κ3) is 5.29. The molecular weight excluding hydrogens is 421 g/mol. The second kappa shape index (κ2) is 10.3. The van der Waals surface area contributed by atoms with Gasteiger partial charge < -0.3 is 20.1 Å². The molecule has 9 heteroatoms. The third-order valence-electron chi connectivity index (χ3n) is 5.09. The van der Waals surface area contributed by atoms with Crippen LogP contribution in [0.25, 0.3) is 0 Å². The normalized spacial score (nSPS) is 22.5. The topological polar surface area (TPSA) is 72.5 Å². The van der Waals surface area contributed by atoms with Gasteiger partial charge in [0.1, 0.15) is 6.61 Å². The number of carbonyl (C=O) groups excluding carboxylic acids is 1. The highest BCUT2D eigenvalue weighted by molar-refractivity contribution is 7.07. The van der Waals surface area contributed by atoms with Crippen LogP contribution in [0, 0.1) is 0 Å². The SMILES string of the molecule is COc1cc(C(=O)NC2CC3CCC(C2)N3)ccc1OCc1cscn1.Cl.Cl. The van der Waals surface area contributed by atoms with Crippen LogP contribution in [0.1, 0.15) is 41.7 Å². The van der Waals surface area contributed by atoms with E-state index in [1.165, 1.54) is 24.2 Å². The Hall–Kier alpha value is -1.54. The molecule has 1 aromatic carbocycles. The summed E-state index contributed by atoms with van der Waals surface area (Å²) < 4.78 is 11.2. The second-order valence-electron chi connectivity index (χ2n) is 6.91. The fourth-order valence-electron chi connectivity index (χ4n) is 3.83. The van der Waals surface area contributed by atoms with Crippen LogP contribution in [0.15, 0.2) is 29.1 Å². The van der Waals surface area contributed by atoms with E-state index in [4.69, 9.17) is 9.47 Å². The molecule has 0 radical (unpaired) electrons. The van der Waals surface area contributed by atoms with Gasteiger partial charge in [0.2, 0.25) is 0 Å². The Kier molecular flexibility index (Phi) is 8.37. The molecule has 1 aromatic heterocycles. The summed E-state index contributed by atoms with van der Waals surface area (Å²) in [6.07, 6.45) is 4.45. The number of carbonyl (C=O) groups is 1. The Bertz CT molecular complexity index is 764. The Morgan fingerprint density at radius 1 is 1.25 bits per heavy atom. The number of fused-ring (bicyclic) bond motifs is 2. The highest BCUT2D eigenvalue weighted by atomic mass is 35.5. The van der Waals surface area contributed by atoms with Gasteiger partial charge in [-0.1, -0.05) is 0 Å². The number of aromatic nitrogens is 1. The molecule has 6 nitrogen and oxygen atoms in total. The van der Waals surface area contributed by atoms with Crippen LogP contribution in [-0.4, -0.2) is 36.1 Å². The van der Waals surface area contributed by atoms with E-state index in [2.05, 4.69) is 15.6 Å². The summed E-state index contributed by atoms with van der Waals surface area (Å²) in [4.78, 5) is 16.8. The summed E-state index contributed by atoms with van der Waals surface area (Å²) in [7, 11) is 1.58. The first-order chi connectivity index (χ1) is 12.7. The number of thiazole rings is 1. The van der Waals surface area contributed by atoms with E-state index in [9.17, 15) is 4.79 Å². The van der Waals surface area contributed by atoms with Crippen molar-refractivity contribution in [1.82, 2.24) is 15.6 Å².